The average molecular weight is 417 g/mol. The lowest BCUT2D eigenvalue weighted by Crippen LogP contribution is -2.43. The van der Waals surface area contributed by atoms with Crippen molar-refractivity contribution in [3.8, 4) is 11.5 Å². The van der Waals surface area contributed by atoms with Crippen LogP contribution in [-0.4, -0.2) is 71.9 Å². The fourth-order valence-electron chi connectivity index (χ4n) is 3.07. The van der Waals surface area contributed by atoms with Crippen molar-refractivity contribution in [2.24, 2.45) is 5.10 Å². The van der Waals surface area contributed by atoms with Gasteiger partial charge >= 0.3 is 0 Å². The Morgan fingerprint density at radius 3 is 2.90 bits per heavy atom. The van der Waals surface area contributed by atoms with Gasteiger partial charge in [0.15, 0.2) is 23.9 Å². The summed E-state index contributed by atoms with van der Waals surface area (Å²) in [4.78, 5) is 14.0. The highest BCUT2D eigenvalue weighted by atomic mass is 32.1. The molecule has 1 amide bonds. The first-order chi connectivity index (χ1) is 14.2. The first-order valence-corrected chi connectivity index (χ1v) is 9.94. The first kappa shape index (κ1) is 19.6. The number of nitrogens with one attached hydrogen (secondary N) is 1. The molecule has 4 rings (SSSR count). The number of hydrogen-bond acceptors (Lipinski definition) is 7. The third kappa shape index (κ3) is 4.65. The normalized spacial score (nSPS) is 16.9. The van der Waals surface area contributed by atoms with Gasteiger partial charge in [-0.2, -0.15) is 14.9 Å². The number of ether oxygens (including phenoxy) is 3. The summed E-state index contributed by atoms with van der Waals surface area (Å²) in [6.07, 6.45) is 3.92. The minimum absolute atomic E-state index is 0.0429. The van der Waals surface area contributed by atoms with E-state index in [-0.39, 0.29) is 12.5 Å². The Morgan fingerprint density at radius 1 is 1.38 bits per heavy atom. The smallest absolute Gasteiger partial charge is 0.260 e. The average Bonchev–Trinajstić information content (AvgIpc) is 3.54. The van der Waals surface area contributed by atoms with Crippen LogP contribution in [0.3, 0.4) is 0 Å². The van der Waals surface area contributed by atoms with Gasteiger partial charge in [-0.1, -0.05) is 0 Å². The van der Waals surface area contributed by atoms with Crippen molar-refractivity contribution in [2.45, 2.75) is 18.8 Å². The van der Waals surface area contributed by atoms with Crippen molar-refractivity contribution in [3.05, 3.63) is 34.4 Å². The predicted molar refractivity (Wildman–Crippen MR) is 108 cm³/mol. The van der Waals surface area contributed by atoms with Gasteiger partial charge in [0.25, 0.3) is 5.91 Å². The van der Waals surface area contributed by atoms with Crippen LogP contribution in [0.5, 0.6) is 11.5 Å². The lowest BCUT2D eigenvalue weighted by molar-refractivity contribution is -0.137. The van der Waals surface area contributed by atoms with Crippen LogP contribution < -0.4 is 9.47 Å². The second-order valence-corrected chi connectivity index (χ2v) is 7.30. The van der Waals surface area contributed by atoms with Crippen molar-refractivity contribution in [3.63, 3.8) is 0 Å². The highest BCUT2D eigenvalue weighted by Gasteiger charge is 2.29. The molecule has 1 aliphatic carbocycles. The van der Waals surface area contributed by atoms with E-state index in [1.807, 2.05) is 6.07 Å². The molecule has 0 spiro atoms. The third-order valence-corrected chi connectivity index (χ3v) is 5.11. The number of hydrogen-bond donors (Lipinski definition) is 1. The molecule has 1 saturated carbocycles. The van der Waals surface area contributed by atoms with Crippen molar-refractivity contribution in [2.75, 3.05) is 40.0 Å². The Labute approximate surface area is 173 Å². The summed E-state index contributed by atoms with van der Waals surface area (Å²) in [7, 11) is 1.56. The molecule has 0 atom stereocenters. The number of amides is 1. The summed E-state index contributed by atoms with van der Waals surface area (Å²) in [6, 6.07) is 5.42. The molecule has 9 nitrogen and oxygen atoms in total. The first-order valence-electron chi connectivity index (χ1n) is 9.53. The van der Waals surface area contributed by atoms with E-state index in [9.17, 15) is 4.79 Å². The SMILES string of the molecule is COc1cc(/C=N\n2c(C3CC3)n[nH]c2=S)ccc1OCC(=O)N1CCOCC1. The van der Waals surface area contributed by atoms with Gasteiger partial charge in [0, 0.05) is 19.0 Å². The molecule has 0 unspecified atom stereocenters. The van der Waals surface area contributed by atoms with Crippen LogP contribution in [0.4, 0.5) is 0 Å². The minimum Gasteiger partial charge on any atom is -0.493 e. The largest absolute Gasteiger partial charge is 0.493 e. The zero-order chi connectivity index (χ0) is 20.2. The number of H-pyrrole nitrogens is 1. The summed E-state index contributed by atoms with van der Waals surface area (Å²) < 4.78 is 18.5. The van der Waals surface area contributed by atoms with Crippen LogP contribution in [0.1, 0.15) is 30.1 Å². The zero-order valence-electron chi connectivity index (χ0n) is 16.2. The van der Waals surface area contributed by atoms with Gasteiger partial charge in [-0.15, -0.1) is 0 Å². The van der Waals surface area contributed by atoms with Gasteiger partial charge in [-0.25, -0.2) is 0 Å². The molecule has 154 valence electrons. The van der Waals surface area contributed by atoms with E-state index in [1.165, 1.54) is 0 Å². The van der Waals surface area contributed by atoms with Gasteiger partial charge in [-0.3, -0.25) is 9.89 Å². The molecular formula is C19H23N5O4S. The summed E-state index contributed by atoms with van der Waals surface area (Å²) in [5.74, 6) is 2.25. The number of nitrogens with zero attached hydrogens (tertiary/aromatic N) is 4. The standard InChI is InChI=1S/C19H23N5O4S/c1-26-16-10-13(11-20-24-18(14-3-4-14)21-22-19(24)29)2-5-15(16)28-12-17(25)23-6-8-27-9-7-23/h2,5,10-11,14H,3-4,6-9,12H2,1H3,(H,22,29)/b20-11-. The number of carbonyl (C=O) groups excluding carboxylic acids is 1. The van der Waals surface area contributed by atoms with Crippen molar-refractivity contribution >= 4 is 24.3 Å². The van der Waals surface area contributed by atoms with Crippen LogP contribution >= 0.6 is 12.2 Å². The number of rotatable bonds is 7. The third-order valence-electron chi connectivity index (χ3n) is 4.84. The number of methoxy groups -OCH3 is 1. The van der Waals surface area contributed by atoms with Gasteiger partial charge in [-0.05, 0) is 48.8 Å². The molecule has 29 heavy (non-hydrogen) atoms. The molecule has 0 bridgehead atoms. The number of morpholine rings is 1. The summed E-state index contributed by atoms with van der Waals surface area (Å²) in [5.41, 5.74) is 0.818. The molecule has 2 heterocycles. The maximum atomic E-state index is 12.3. The number of aromatic amines is 1. The highest BCUT2D eigenvalue weighted by Crippen LogP contribution is 2.38. The lowest BCUT2D eigenvalue weighted by Gasteiger charge is -2.26. The summed E-state index contributed by atoms with van der Waals surface area (Å²) in [6.45, 7) is 2.26. The predicted octanol–water partition coefficient (Wildman–Crippen LogP) is 1.95. The molecule has 1 aromatic heterocycles. The molecular weight excluding hydrogens is 394 g/mol. The van der Waals surface area contributed by atoms with Crippen molar-refractivity contribution in [1.82, 2.24) is 19.8 Å². The Bertz CT molecular complexity index is 960. The van der Waals surface area contributed by atoms with Gasteiger partial charge in [0.1, 0.15) is 0 Å². The molecule has 1 saturated heterocycles. The quantitative estimate of drug-likeness (QED) is 0.547. The summed E-state index contributed by atoms with van der Waals surface area (Å²) in [5, 5.41) is 11.5. The monoisotopic (exact) mass is 417 g/mol. The molecule has 2 aliphatic rings. The number of aromatic nitrogens is 3. The maximum absolute atomic E-state index is 12.3. The van der Waals surface area contributed by atoms with Gasteiger partial charge in [0.05, 0.1) is 26.5 Å². The maximum Gasteiger partial charge on any atom is 0.260 e. The zero-order valence-corrected chi connectivity index (χ0v) is 17.0. The van der Waals surface area contributed by atoms with Gasteiger partial charge in [0.2, 0.25) is 4.77 Å². The van der Waals surface area contributed by atoms with Crippen LogP contribution in [0.2, 0.25) is 0 Å². The molecule has 1 aliphatic heterocycles. The Morgan fingerprint density at radius 2 is 2.17 bits per heavy atom. The summed E-state index contributed by atoms with van der Waals surface area (Å²) >= 11 is 5.26. The van der Waals surface area contributed by atoms with Crippen molar-refractivity contribution in [1.29, 1.82) is 0 Å². The fraction of sp³-hybridized carbons (Fsp3) is 0.474. The Kier molecular flexibility index (Phi) is 5.91. The molecule has 2 fully saturated rings. The van der Waals surface area contributed by atoms with Crippen LogP contribution in [0.15, 0.2) is 23.3 Å². The van der Waals surface area contributed by atoms with Crippen LogP contribution in [-0.2, 0) is 9.53 Å². The number of benzene rings is 1. The van der Waals surface area contributed by atoms with Crippen LogP contribution in [0, 0.1) is 4.77 Å². The molecule has 1 N–H and O–H groups in total. The van der Waals surface area contributed by atoms with E-state index in [0.29, 0.717) is 48.5 Å². The van der Waals surface area contributed by atoms with Gasteiger partial charge < -0.3 is 19.1 Å². The van der Waals surface area contributed by atoms with Crippen molar-refractivity contribution < 1.29 is 19.0 Å². The van der Waals surface area contributed by atoms with E-state index in [2.05, 4.69) is 15.3 Å². The molecule has 2 aromatic rings. The molecule has 10 heteroatoms. The van der Waals surface area contributed by atoms with E-state index in [1.54, 1.807) is 35.0 Å². The van der Waals surface area contributed by atoms with E-state index < -0.39 is 0 Å². The van der Waals surface area contributed by atoms with E-state index in [0.717, 1.165) is 24.2 Å². The second kappa shape index (κ2) is 8.75. The lowest BCUT2D eigenvalue weighted by atomic mass is 10.2. The van der Waals surface area contributed by atoms with E-state index >= 15 is 0 Å². The fourth-order valence-corrected chi connectivity index (χ4v) is 3.26. The van der Waals surface area contributed by atoms with E-state index in [4.69, 9.17) is 26.4 Å². The topological polar surface area (TPSA) is 94.0 Å². The molecule has 0 radical (unpaired) electrons. The minimum atomic E-state index is -0.0667. The number of carbonyl (C=O) groups is 1. The Balaban J connectivity index is 1.43. The molecule has 1 aromatic carbocycles. The second-order valence-electron chi connectivity index (χ2n) is 6.91. The Hall–Kier alpha value is -2.72. The van der Waals surface area contributed by atoms with Crippen LogP contribution in [0.25, 0.3) is 0 Å². The highest BCUT2D eigenvalue weighted by molar-refractivity contribution is 7.71.